The maximum atomic E-state index is 12.3. The molecule has 3 amide bonds. The summed E-state index contributed by atoms with van der Waals surface area (Å²) in [6.45, 7) is 0.709. The fourth-order valence-electron chi connectivity index (χ4n) is 4.03. The molecule has 0 radical (unpaired) electrons. The third-order valence-corrected chi connectivity index (χ3v) is 5.84. The Kier molecular flexibility index (Phi) is 11.1. The maximum Gasteiger partial charge on any atom is 0.321 e. The molecule has 2 aliphatic heterocycles. The summed E-state index contributed by atoms with van der Waals surface area (Å²) in [5.41, 5.74) is 5.36. The maximum absolute atomic E-state index is 12.3. The molecule has 2 rings (SSSR count). The van der Waals surface area contributed by atoms with Crippen molar-refractivity contribution >= 4 is 23.7 Å². The molecule has 0 unspecified atom stereocenters. The molecule has 0 aromatic heterocycles. The SMILES string of the molecule is CC(=O)N[C@@H]1[C@@H](O)[C@H](O[C@@H]2O[C@H](CO)[C@@H](O)[C@H](O)[C@H]2NC(C)=O)[C@@H](CO)O[C@H]1NC(=O)C[C@H](N)C(=O)O. The Hall–Kier alpha value is -2.48. The minimum atomic E-state index is -1.70. The van der Waals surface area contributed by atoms with Gasteiger partial charge in [0.15, 0.2) is 12.5 Å². The molecule has 11 N–H and O–H groups in total. The molecular formula is C20H34N4O13. The fraction of sp³-hybridized carbons (Fsp3) is 0.800. The van der Waals surface area contributed by atoms with E-state index in [0.717, 1.165) is 13.8 Å². The molecule has 0 spiro atoms. The Morgan fingerprint density at radius 1 is 0.865 bits per heavy atom. The average molecular weight is 539 g/mol. The number of amides is 3. The number of carbonyl (C=O) groups is 4. The van der Waals surface area contributed by atoms with E-state index in [9.17, 15) is 44.7 Å². The van der Waals surface area contributed by atoms with Crippen LogP contribution in [0.15, 0.2) is 0 Å². The highest BCUT2D eigenvalue weighted by Gasteiger charge is 2.51. The van der Waals surface area contributed by atoms with Gasteiger partial charge in [-0.25, -0.2) is 0 Å². The lowest BCUT2D eigenvalue weighted by molar-refractivity contribution is -0.315. The van der Waals surface area contributed by atoms with Crippen LogP contribution in [0.4, 0.5) is 0 Å². The van der Waals surface area contributed by atoms with Crippen LogP contribution >= 0.6 is 0 Å². The topological polar surface area (TPSA) is 279 Å². The molecule has 11 atom stereocenters. The number of aliphatic hydroxyl groups excluding tert-OH is 5. The lowest BCUT2D eigenvalue weighted by Crippen LogP contribution is -2.71. The minimum absolute atomic E-state index is 0.631. The molecule has 17 nitrogen and oxygen atoms in total. The molecule has 212 valence electrons. The summed E-state index contributed by atoms with van der Waals surface area (Å²) >= 11 is 0. The van der Waals surface area contributed by atoms with Gasteiger partial charge in [0, 0.05) is 13.8 Å². The van der Waals surface area contributed by atoms with Crippen molar-refractivity contribution in [1.29, 1.82) is 0 Å². The predicted octanol–water partition coefficient (Wildman–Crippen LogP) is -6.18. The largest absolute Gasteiger partial charge is 0.480 e. The van der Waals surface area contributed by atoms with Gasteiger partial charge in [0.1, 0.15) is 54.7 Å². The lowest BCUT2D eigenvalue weighted by Gasteiger charge is -2.48. The third kappa shape index (κ3) is 7.76. The van der Waals surface area contributed by atoms with Crippen LogP contribution in [-0.4, -0.2) is 135 Å². The Bertz CT molecular complexity index is 832. The zero-order chi connectivity index (χ0) is 28.0. The van der Waals surface area contributed by atoms with Crippen molar-refractivity contribution in [2.24, 2.45) is 5.73 Å². The normalized spacial score (nSPS) is 36.8. The number of nitrogens with two attached hydrogens (primary N) is 1. The first kappa shape index (κ1) is 30.7. The number of aliphatic carboxylic acids is 1. The van der Waals surface area contributed by atoms with Gasteiger partial charge in [-0.2, -0.15) is 0 Å². The number of hydrogen-bond acceptors (Lipinski definition) is 13. The van der Waals surface area contributed by atoms with Crippen LogP contribution in [0.5, 0.6) is 0 Å². The van der Waals surface area contributed by atoms with Crippen LogP contribution in [0.25, 0.3) is 0 Å². The van der Waals surface area contributed by atoms with Crippen molar-refractivity contribution in [2.75, 3.05) is 13.2 Å². The van der Waals surface area contributed by atoms with Gasteiger partial charge in [-0.1, -0.05) is 0 Å². The van der Waals surface area contributed by atoms with Crippen LogP contribution in [0.2, 0.25) is 0 Å². The second-order valence-corrected chi connectivity index (χ2v) is 8.74. The predicted molar refractivity (Wildman–Crippen MR) is 118 cm³/mol. The first-order chi connectivity index (χ1) is 17.3. The van der Waals surface area contributed by atoms with Gasteiger partial charge < -0.3 is 66.5 Å². The number of carbonyl (C=O) groups excluding carboxylic acids is 3. The summed E-state index contributed by atoms with van der Waals surface area (Å²) in [6, 6.07) is -4.30. The number of carboxylic acids is 1. The van der Waals surface area contributed by atoms with Gasteiger partial charge in [0.2, 0.25) is 17.7 Å². The van der Waals surface area contributed by atoms with E-state index >= 15 is 0 Å². The fourth-order valence-corrected chi connectivity index (χ4v) is 4.03. The van der Waals surface area contributed by atoms with Crippen molar-refractivity contribution in [2.45, 2.75) is 87.5 Å². The van der Waals surface area contributed by atoms with Gasteiger partial charge in [-0.15, -0.1) is 0 Å². The van der Waals surface area contributed by atoms with Gasteiger partial charge in [-0.3, -0.25) is 19.2 Å². The summed E-state index contributed by atoms with van der Waals surface area (Å²) in [5.74, 6) is -3.61. The zero-order valence-electron chi connectivity index (χ0n) is 20.1. The molecule has 0 aromatic rings. The summed E-state index contributed by atoms with van der Waals surface area (Å²) in [6.07, 6.45) is -12.9. The highest BCUT2D eigenvalue weighted by atomic mass is 16.7. The van der Waals surface area contributed by atoms with Gasteiger partial charge in [0.05, 0.1) is 19.6 Å². The molecule has 2 heterocycles. The van der Waals surface area contributed by atoms with Crippen molar-refractivity contribution in [1.82, 2.24) is 16.0 Å². The monoisotopic (exact) mass is 538 g/mol. The first-order valence-corrected chi connectivity index (χ1v) is 11.3. The summed E-state index contributed by atoms with van der Waals surface area (Å²) in [7, 11) is 0. The van der Waals surface area contributed by atoms with E-state index in [1.54, 1.807) is 0 Å². The molecule has 0 aliphatic carbocycles. The molecule has 0 bridgehead atoms. The molecule has 2 aliphatic rings. The Morgan fingerprint density at radius 2 is 1.43 bits per heavy atom. The molecule has 0 saturated carbocycles. The summed E-state index contributed by atoms with van der Waals surface area (Å²) in [5, 5.41) is 67.0. The van der Waals surface area contributed by atoms with Gasteiger partial charge >= 0.3 is 5.97 Å². The molecule has 37 heavy (non-hydrogen) atoms. The zero-order valence-corrected chi connectivity index (χ0v) is 20.1. The highest BCUT2D eigenvalue weighted by Crippen LogP contribution is 2.29. The van der Waals surface area contributed by atoms with Crippen molar-refractivity contribution < 1.29 is 64.0 Å². The van der Waals surface area contributed by atoms with E-state index in [2.05, 4.69) is 16.0 Å². The van der Waals surface area contributed by atoms with E-state index in [0.29, 0.717) is 0 Å². The van der Waals surface area contributed by atoms with E-state index in [-0.39, 0.29) is 0 Å². The summed E-state index contributed by atoms with van der Waals surface area (Å²) < 4.78 is 16.9. The second-order valence-electron chi connectivity index (χ2n) is 8.74. The highest BCUT2D eigenvalue weighted by molar-refractivity contribution is 5.84. The van der Waals surface area contributed by atoms with Crippen LogP contribution < -0.4 is 21.7 Å². The van der Waals surface area contributed by atoms with Crippen LogP contribution in [0, 0.1) is 0 Å². The molecular weight excluding hydrogens is 504 g/mol. The number of ether oxygens (including phenoxy) is 3. The number of aliphatic hydroxyl groups is 5. The number of hydrogen-bond donors (Lipinski definition) is 10. The standard InChI is InChI=1S/C20H34N4O13/c1-6(27)22-12-16(32)17(10(5-26)35-18(12)24-11(29)3-8(21)19(33)34)37-20-13(23-7(2)28)15(31)14(30)9(4-25)36-20/h8-10,12-18,20,25-26,30-32H,3-5,21H2,1-2H3,(H,22,27)(H,23,28)(H,24,29)(H,33,34)/t8-,9+,10+,12+,13+,14+,15+,16+,17+,18+,20-/m0/s1. The van der Waals surface area contributed by atoms with E-state index in [1.165, 1.54) is 0 Å². The number of carboxylic acid groups (broad SMARTS) is 1. The van der Waals surface area contributed by atoms with Crippen molar-refractivity contribution in [3.05, 3.63) is 0 Å². The quantitative estimate of drug-likeness (QED) is 0.124. The third-order valence-electron chi connectivity index (χ3n) is 5.84. The van der Waals surface area contributed by atoms with Gasteiger partial charge in [0.25, 0.3) is 0 Å². The Morgan fingerprint density at radius 3 is 1.95 bits per heavy atom. The molecule has 0 aromatic carbocycles. The van der Waals surface area contributed by atoms with Crippen molar-refractivity contribution in [3.63, 3.8) is 0 Å². The molecule has 2 saturated heterocycles. The lowest BCUT2D eigenvalue weighted by atomic mass is 9.94. The minimum Gasteiger partial charge on any atom is -0.480 e. The second kappa shape index (κ2) is 13.4. The first-order valence-electron chi connectivity index (χ1n) is 11.3. The van der Waals surface area contributed by atoms with E-state index in [1.807, 2.05) is 0 Å². The van der Waals surface area contributed by atoms with Crippen LogP contribution in [0.1, 0.15) is 20.3 Å². The van der Waals surface area contributed by atoms with Crippen molar-refractivity contribution in [3.8, 4) is 0 Å². The molecule has 17 heteroatoms. The van der Waals surface area contributed by atoms with Crippen LogP contribution in [0.3, 0.4) is 0 Å². The van der Waals surface area contributed by atoms with E-state index in [4.69, 9.17) is 25.1 Å². The Balaban J connectivity index is 2.29. The summed E-state index contributed by atoms with van der Waals surface area (Å²) in [4.78, 5) is 46.7. The number of nitrogens with one attached hydrogen (secondary N) is 3. The Labute approximate surface area is 210 Å². The number of rotatable bonds is 10. The molecule has 2 fully saturated rings. The smallest absolute Gasteiger partial charge is 0.321 e. The van der Waals surface area contributed by atoms with E-state index < -0.39 is 111 Å². The van der Waals surface area contributed by atoms with Gasteiger partial charge in [-0.05, 0) is 0 Å². The van der Waals surface area contributed by atoms with Crippen LogP contribution in [-0.2, 0) is 33.4 Å². The average Bonchev–Trinajstić information content (AvgIpc) is 2.81.